The van der Waals surface area contributed by atoms with Crippen molar-refractivity contribution in [1.82, 2.24) is 20.0 Å². The van der Waals surface area contributed by atoms with Crippen LogP contribution in [-0.2, 0) is 4.79 Å². The maximum atomic E-state index is 12.8. The van der Waals surface area contributed by atoms with Crippen LogP contribution in [0.5, 0.6) is 11.5 Å². The van der Waals surface area contributed by atoms with Crippen molar-refractivity contribution in [3.63, 3.8) is 0 Å². The first-order valence-electron chi connectivity index (χ1n) is 8.87. The van der Waals surface area contributed by atoms with Crippen molar-refractivity contribution in [3.8, 4) is 22.1 Å². The van der Waals surface area contributed by atoms with Crippen LogP contribution in [0.1, 0.15) is 30.8 Å². The van der Waals surface area contributed by atoms with Gasteiger partial charge in [-0.1, -0.05) is 24.3 Å². The number of amides is 1. The zero-order valence-electron chi connectivity index (χ0n) is 16.5. The van der Waals surface area contributed by atoms with Crippen LogP contribution >= 0.6 is 11.3 Å². The molecule has 28 heavy (non-hydrogen) atoms. The van der Waals surface area contributed by atoms with Gasteiger partial charge in [0.1, 0.15) is 6.04 Å². The highest BCUT2D eigenvalue weighted by atomic mass is 32.1. The highest BCUT2D eigenvalue weighted by molar-refractivity contribution is 7.18. The standard InChI is InChI=1S/C19H23N5O3S/c1-6-14(24-12(3)10-11(2)23-24)17(25)20-19-22-21-18(28-19)13-8-7-9-15(26-4)16(13)27-5/h7-10,14H,6H2,1-5H3,(H,20,22,25). The fourth-order valence-corrected chi connectivity index (χ4v) is 3.83. The van der Waals surface area contributed by atoms with Crippen molar-refractivity contribution in [2.45, 2.75) is 33.2 Å². The third kappa shape index (κ3) is 3.84. The summed E-state index contributed by atoms with van der Waals surface area (Å²) in [7, 11) is 3.16. The number of carbonyl (C=O) groups is 1. The van der Waals surface area contributed by atoms with Crippen LogP contribution in [0.15, 0.2) is 24.3 Å². The Morgan fingerprint density at radius 3 is 2.64 bits per heavy atom. The van der Waals surface area contributed by atoms with E-state index in [1.165, 1.54) is 11.3 Å². The average Bonchev–Trinajstić information content (AvgIpc) is 3.27. The molecule has 8 nitrogen and oxygen atoms in total. The number of carbonyl (C=O) groups excluding carboxylic acids is 1. The van der Waals surface area contributed by atoms with Crippen molar-refractivity contribution in [2.75, 3.05) is 19.5 Å². The Balaban J connectivity index is 1.83. The van der Waals surface area contributed by atoms with Gasteiger partial charge >= 0.3 is 0 Å². The molecule has 0 saturated heterocycles. The predicted octanol–water partition coefficient (Wildman–Crippen LogP) is 3.63. The number of benzene rings is 1. The number of anilines is 1. The number of rotatable bonds is 7. The average molecular weight is 401 g/mol. The molecule has 0 spiro atoms. The Morgan fingerprint density at radius 1 is 1.25 bits per heavy atom. The van der Waals surface area contributed by atoms with Gasteiger partial charge in [0.15, 0.2) is 16.5 Å². The van der Waals surface area contributed by atoms with E-state index in [9.17, 15) is 4.79 Å². The van der Waals surface area contributed by atoms with Gasteiger partial charge in [0.2, 0.25) is 5.13 Å². The molecule has 1 N–H and O–H groups in total. The quantitative estimate of drug-likeness (QED) is 0.650. The van der Waals surface area contributed by atoms with Gasteiger partial charge in [-0.05, 0) is 38.5 Å². The highest BCUT2D eigenvalue weighted by Crippen LogP contribution is 2.39. The van der Waals surface area contributed by atoms with E-state index in [0.717, 1.165) is 17.0 Å². The molecule has 0 aliphatic heterocycles. The van der Waals surface area contributed by atoms with Crippen molar-refractivity contribution >= 4 is 22.4 Å². The van der Waals surface area contributed by atoms with E-state index in [0.29, 0.717) is 28.1 Å². The lowest BCUT2D eigenvalue weighted by molar-refractivity contribution is -0.119. The first-order valence-corrected chi connectivity index (χ1v) is 9.68. The number of hydrogen-bond donors (Lipinski definition) is 1. The number of hydrogen-bond acceptors (Lipinski definition) is 7. The van der Waals surface area contributed by atoms with E-state index in [4.69, 9.17) is 9.47 Å². The number of aromatic nitrogens is 4. The summed E-state index contributed by atoms with van der Waals surface area (Å²) < 4.78 is 12.5. The van der Waals surface area contributed by atoms with Crippen molar-refractivity contribution in [1.29, 1.82) is 0 Å². The summed E-state index contributed by atoms with van der Waals surface area (Å²) in [5, 5.41) is 16.7. The van der Waals surface area contributed by atoms with E-state index >= 15 is 0 Å². The highest BCUT2D eigenvalue weighted by Gasteiger charge is 2.23. The Kier molecular flexibility index (Phi) is 5.93. The maximum absolute atomic E-state index is 12.8. The van der Waals surface area contributed by atoms with Crippen LogP contribution in [-0.4, -0.2) is 40.1 Å². The molecule has 9 heteroatoms. The molecule has 2 aromatic heterocycles. The fraction of sp³-hybridized carbons (Fsp3) is 0.368. The summed E-state index contributed by atoms with van der Waals surface area (Å²) in [5.41, 5.74) is 2.58. The Morgan fingerprint density at radius 2 is 2.04 bits per heavy atom. The number of nitrogens with zero attached hydrogens (tertiary/aromatic N) is 4. The molecule has 1 unspecified atom stereocenters. The largest absolute Gasteiger partial charge is 0.493 e. The summed E-state index contributed by atoms with van der Waals surface area (Å²) in [5.74, 6) is 1.01. The van der Waals surface area contributed by atoms with Crippen LogP contribution < -0.4 is 14.8 Å². The predicted molar refractivity (Wildman–Crippen MR) is 108 cm³/mol. The molecule has 0 aliphatic rings. The molecular formula is C19H23N5O3S. The second-order valence-corrected chi connectivity index (χ2v) is 7.22. The second kappa shape index (κ2) is 8.39. The van der Waals surface area contributed by atoms with Crippen LogP contribution in [0.2, 0.25) is 0 Å². The topological polar surface area (TPSA) is 91.2 Å². The van der Waals surface area contributed by atoms with Gasteiger partial charge < -0.3 is 9.47 Å². The van der Waals surface area contributed by atoms with Gasteiger partial charge in [-0.3, -0.25) is 14.8 Å². The molecule has 1 amide bonds. The van der Waals surface area contributed by atoms with Crippen LogP contribution in [0.3, 0.4) is 0 Å². The van der Waals surface area contributed by atoms with E-state index in [1.54, 1.807) is 18.9 Å². The summed E-state index contributed by atoms with van der Waals surface area (Å²) in [6, 6.07) is 7.08. The minimum absolute atomic E-state index is 0.172. The van der Waals surface area contributed by atoms with E-state index in [2.05, 4.69) is 20.6 Å². The third-order valence-electron chi connectivity index (χ3n) is 4.32. The molecule has 1 aromatic carbocycles. The van der Waals surface area contributed by atoms with Crippen molar-refractivity contribution in [2.24, 2.45) is 0 Å². The maximum Gasteiger partial charge on any atom is 0.251 e. The van der Waals surface area contributed by atoms with Gasteiger partial charge in [-0.25, -0.2) is 0 Å². The lowest BCUT2D eigenvalue weighted by atomic mass is 10.2. The van der Waals surface area contributed by atoms with Crippen LogP contribution in [0, 0.1) is 13.8 Å². The Labute approximate surface area is 167 Å². The molecule has 0 saturated carbocycles. The number of methoxy groups -OCH3 is 2. The monoisotopic (exact) mass is 401 g/mol. The lowest BCUT2D eigenvalue weighted by Gasteiger charge is -2.16. The summed E-state index contributed by atoms with van der Waals surface area (Å²) >= 11 is 1.28. The van der Waals surface area contributed by atoms with Crippen molar-refractivity contribution in [3.05, 3.63) is 35.7 Å². The number of para-hydroxylation sites is 1. The smallest absolute Gasteiger partial charge is 0.251 e. The first-order chi connectivity index (χ1) is 13.5. The van der Waals surface area contributed by atoms with Crippen LogP contribution in [0.4, 0.5) is 5.13 Å². The van der Waals surface area contributed by atoms with Gasteiger partial charge in [0, 0.05) is 5.69 Å². The summed E-state index contributed by atoms with van der Waals surface area (Å²) in [6.45, 7) is 5.80. The molecule has 0 aliphatic carbocycles. The minimum atomic E-state index is -0.410. The number of nitrogens with one attached hydrogen (secondary N) is 1. The van der Waals surface area contributed by atoms with Gasteiger partial charge in [0.25, 0.3) is 5.91 Å². The molecular weight excluding hydrogens is 378 g/mol. The third-order valence-corrected chi connectivity index (χ3v) is 5.19. The molecule has 1 atom stereocenters. The van der Waals surface area contributed by atoms with E-state index in [-0.39, 0.29) is 5.91 Å². The molecule has 148 valence electrons. The second-order valence-electron chi connectivity index (χ2n) is 6.24. The Bertz CT molecular complexity index is 982. The lowest BCUT2D eigenvalue weighted by Crippen LogP contribution is -2.27. The fourth-order valence-electron chi connectivity index (χ4n) is 3.06. The molecule has 3 aromatic rings. The zero-order valence-corrected chi connectivity index (χ0v) is 17.3. The summed E-state index contributed by atoms with van der Waals surface area (Å²) in [4.78, 5) is 12.8. The van der Waals surface area contributed by atoms with Gasteiger partial charge in [0.05, 0.1) is 25.5 Å². The van der Waals surface area contributed by atoms with Gasteiger partial charge in [-0.2, -0.15) is 5.10 Å². The van der Waals surface area contributed by atoms with Crippen molar-refractivity contribution < 1.29 is 14.3 Å². The molecule has 0 fully saturated rings. The normalized spacial score (nSPS) is 11.9. The SMILES string of the molecule is CCC(C(=O)Nc1nnc(-c2cccc(OC)c2OC)s1)n1nc(C)cc1C. The first kappa shape index (κ1) is 19.8. The molecule has 2 heterocycles. The van der Waals surface area contributed by atoms with Crippen LogP contribution in [0.25, 0.3) is 10.6 Å². The minimum Gasteiger partial charge on any atom is -0.493 e. The zero-order chi connectivity index (χ0) is 20.3. The van der Waals surface area contributed by atoms with E-state index in [1.807, 2.05) is 45.0 Å². The number of aryl methyl sites for hydroxylation is 2. The number of ether oxygens (including phenoxy) is 2. The van der Waals surface area contributed by atoms with Gasteiger partial charge in [-0.15, -0.1) is 10.2 Å². The molecule has 3 rings (SSSR count). The van der Waals surface area contributed by atoms with E-state index < -0.39 is 6.04 Å². The molecule has 0 bridgehead atoms. The Hall–Kier alpha value is -2.94. The summed E-state index contributed by atoms with van der Waals surface area (Å²) in [6.07, 6.45) is 0.614. The molecule has 0 radical (unpaired) electrons.